The van der Waals surface area contributed by atoms with Crippen molar-refractivity contribution >= 4 is 11.4 Å². The minimum Gasteiger partial charge on any atom is -0.394 e. The average Bonchev–Trinajstić information content (AvgIpc) is 2.37. The van der Waals surface area contributed by atoms with Gasteiger partial charge in [-0.3, -0.25) is 10.1 Å². The molecule has 1 aliphatic heterocycles. The Labute approximate surface area is 111 Å². The zero-order chi connectivity index (χ0) is 14.0. The Bertz CT molecular complexity index is 478. The molecule has 0 bridgehead atoms. The minimum atomic E-state index is -0.372. The van der Waals surface area contributed by atoms with Crippen molar-refractivity contribution in [3.63, 3.8) is 0 Å². The topological polar surface area (TPSA) is 75.8 Å². The van der Waals surface area contributed by atoms with Gasteiger partial charge in [0.15, 0.2) is 0 Å². The van der Waals surface area contributed by atoms with Crippen LogP contribution in [0.15, 0.2) is 18.2 Å². The smallest absolute Gasteiger partial charge is 0.292 e. The van der Waals surface area contributed by atoms with Crippen LogP contribution in [-0.2, 0) is 4.74 Å². The molecule has 1 N–H and O–H groups in total. The Morgan fingerprint density at radius 1 is 1.53 bits per heavy atom. The van der Waals surface area contributed by atoms with E-state index in [9.17, 15) is 15.2 Å². The van der Waals surface area contributed by atoms with E-state index in [0.29, 0.717) is 18.8 Å². The van der Waals surface area contributed by atoms with Crippen molar-refractivity contribution in [3.8, 4) is 0 Å². The summed E-state index contributed by atoms with van der Waals surface area (Å²) in [5.74, 6) is 0. The van der Waals surface area contributed by atoms with Gasteiger partial charge in [0.25, 0.3) is 5.69 Å². The Morgan fingerprint density at radius 3 is 2.89 bits per heavy atom. The van der Waals surface area contributed by atoms with Gasteiger partial charge in [0.05, 0.1) is 23.7 Å². The molecule has 0 spiro atoms. The molecule has 1 aliphatic rings. The number of anilines is 1. The van der Waals surface area contributed by atoms with E-state index < -0.39 is 0 Å². The number of aryl methyl sites for hydroxylation is 1. The number of benzene rings is 1. The minimum absolute atomic E-state index is 0.0639. The van der Waals surface area contributed by atoms with E-state index in [1.807, 2.05) is 24.8 Å². The molecule has 1 aromatic rings. The van der Waals surface area contributed by atoms with Gasteiger partial charge in [-0.25, -0.2) is 0 Å². The van der Waals surface area contributed by atoms with E-state index in [-0.39, 0.29) is 29.4 Å². The highest BCUT2D eigenvalue weighted by Crippen LogP contribution is 2.31. The average molecular weight is 266 g/mol. The first-order valence-corrected chi connectivity index (χ1v) is 6.27. The second kappa shape index (κ2) is 5.54. The lowest BCUT2D eigenvalue weighted by Crippen LogP contribution is -2.48. The first-order chi connectivity index (χ1) is 9.01. The lowest BCUT2D eigenvalue weighted by Gasteiger charge is -2.37. The SMILES string of the molecule is Cc1ccc([N+](=O)[O-])c(N2CC(C)OC(CO)C2)c1. The van der Waals surface area contributed by atoms with Gasteiger partial charge in [-0.15, -0.1) is 0 Å². The van der Waals surface area contributed by atoms with Gasteiger partial charge >= 0.3 is 0 Å². The summed E-state index contributed by atoms with van der Waals surface area (Å²) in [6.45, 7) is 4.77. The van der Waals surface area contributed by atoms with Crippen molar-refractivity contribution in [2.24, 2.45) is 0 Å². The van der Waals surface area contributed by atoms with Crippen LogP contribution in [-0.4, -0.2) is 41.9 Å². The molecular formula is C13H18N2O4. The summed E-state index contributed by atoms with van der Waals surface area (Å²) in [7, 11) is 0. The number of aliphatic hydroxyl groups excluding tert-OH is 1. The molecule has 2 atom stereocenters. The van der Waals surface area contributed by atoms with Crippen LogP contribution >= 0.6 is 0 Å². The van der Waals surface area contributed by atoms with Crippen molar-refractivity contribution in [2.75, 3.05) is 24.6 Å². The molecule has 2 unspecified atom stereocenters. The second-order valence-electron chi connectivity index (χ2n) is 4.91. The zero-order valence-corrected chi connectivity index (χ0v) is 11.1. The normalized spacial score (nSPS) is 23.4. The molecule has 19 heavy (non-hydrogen) atoms. The third kappa shape index (κ3) is 3.02. The molecule has 2 rings (SSSR count). The third-order valence-electron chi connectivity index (χ3n) is 3.20. The van der Waals surface area contributed by atoms with Crippen LogP contribution < -0.4 is 4.90 Å². The molecule has 0 radical (unpaired) electrons. The lowest BCUT2D eigenvalue weighted by molar-refractivity contribution is -0.384. The Hall–Kier alpha value is -1.66. The maximum atomic E-state index is 11.1. The molecule has 104 valence electrons. The number of ether oxygens (including phenoxy) is 1. The molecular weight excluding hydrogens is 248 g/mol. The van der Waals surface area contributed by atoms with E-state index in [4.69, 9.17) is 4.74 Å². The van der Waals surface area contributed by atoms with Crippen LogP contribution in [0.4, 0.5) is 11.4 Å². The van der Waals surface area contributed by atoms with Crippen molar-refractivity contribution in [3.05, 3.63) is 33.9 Å². The van der Waals surface area contributed by atoms with Crippen molar-refractivity contribution in [1.82, 2.24) is 0 Å². The van der Waals surface area contributed by atoms with E-state index in [1.165, 1.54) is 6.07 Å². The number of nitrogens with zero attached hydrogens (tertiary/aromatic N) is 2. The van der Waals surface area contributed by atoms with Crippen LogP contribution in [0.5, 0.6) is 0 Å². The number of rotatable bonds is 3. The highest BCUT2D eigenvalue weighted by atomic mass is 16.6. The molecule has 6 nitrogen and oxygen atoms in total. The summed E-state index contributed by atoms with van der Waals surface area (Å²) in [6.07, 6.45) is -0.366. The van der Waals surface area contributed by atoms with Gasteiger partial charge in [-0.2, -0.15) is 0 Å². The predicted octanol–water partition coefficient (Wildman–Crippen LogP) is 1.49. The molecule has 0 amide bonds. The summed E-state index contributed by atoms with van der Waals surface area (Å²) in [5.41, 5.74) is 1.66. The van der Waals surface area contributed by atoms with Gasteiger partial charge in [0, 0.05) is 19.2 Å². The van der Waals surface area contributed by atoms with Gasteiger partial charge in [0.1, 0.15) is 5.69 Å². The fourth-order valence-electron chi connectivity index (χ4n) is 2.38. The number of nitro benzene ring substituents is 1. The van der Waals surface area contributed by atoms with Crippen LogP contribution in [0.2, 0.25) is 0 Å². The maximum Gasteiger partial charge on any atom is 0.292 e. The van der Waals surface area contributed by atoms with Gasteiger partial charge in [0.2, 0.25) is 0 Å². The van der Waals surface area contributed by atoms with Crippen LogP contribution in [0.25, 0.3) is 0 Å². The lowest BCUT2D eigenvalue weighted by atomic mass is 10.1. The second-order valence-corrected chi connectivity index (χ2v) is 4.91. The summed E-state index contributed by atoms with van der Waals surface area (Å²) < 4.78 is 5.56. The monoisotopic (exact) mass is 266 g/mol. The van der Waals surface area contributed by atoms with Crippen LogP contribution in [0, 0.1) is 17.0 Å². The van der Waals surface area contributed by atoms with Gasteiger partial charge in [-0.1, -0.05) is 6.07 Å². The first kappa shape index (κ1) is 13.8. The molecule has 0 saturated carbocycles. The summed E-state index contributed by atoms with van der Waals surface area (Å²) in [5, 5.41) is 20.3. The van der Waals surface area contributed by atoms with Crippen molar-refractivity contribution in [1.29, 1.82) is 0 Å². The van der Waals surface area contributed by atoms with Crippen molar-refractivity contribution < 1.29 is 14.8 Å². The Kier molecular flexibility index (Phi) is 4.01. The highest BCUT2D eigenvalue weighted by molar-refractivity contribution is 5.64. The molecule has 1 aromatic carbocycles. The molecule has 1 heterocycles. The highest BCUT2D eigenvalue weighted by Gasteiger charge is 2.28. The van der Waals surface area contributed by atoms with Gasteiger partial charge < -0.3 is 14.7 Å². The summed E-state index contributed by atoms with van der Waals surface area (Å²) >= 11 is 0. The number of nitro groups is 1. The van der Waals surface area contributed by atoms with E-state index in [2.05, 4.69) is 0 Å². The Balaban J connectivity index is 2.34. The standard InChI is InChI=1S/C13H18N2O4/c1-9-3-4-12(15(17)18)13(5-9)14-6-10(2)19-11(7-14)8-16/h3-5,10-11,16H,6-8H2,1-2H3. The first-order valence-electron chi connectivity index (χ1n) is 6.27. The number of morpholine rings is 1. The number of hydrogen-bond donors (Lipinski definition) is 1. The molecule has 0 aromatic heterocycles. The molecule has 1 saturated heterocycles. The molecule has 0 aliphatic carbocycles. The van der Waals surface area contributed by atoms with Crippen LogP contribution in [0.3, 0.4) is 0 Å². The fraction of sp³-hybridized carbons (Fsp3) is 0.538. The number of aliphatic hydroxyl groups is 1. The Morgan fingerprint density at radius 2 is 2.26 bits per heavy atom. The van der Waals surface area contributed by atoms with Crippen molar-refractivity contribution in [2.45, 2.75) is 26.1 Å². The van der Waals surface area contributed by atoms with E-state index in [0.717, 1.165) is 5.56 Å². The third-order valence-corrected chi connectivity index (χ3v) is 3.20. The quantitative estimate of drug-likeness (QED) is 0.662. The predicted molar refractivity (Wildman–Crippen MR) is 71.5 cm³/mol. The largest absolute Gasteiger partial charge is 0.394 e. The summed E-state index contributed by atoms with van der Waals surface area (Å²) in [4.78, 5) is 12.7. The summed E-state index contributed by atoms with van der Waals surface area (Å²) in [6, 6.07) is 5.07. The van der Waals surface area contributed by atoms with E-state index >= 15 is 0 Å². The van der Waals surface area contributed by atoms with Gasteiger partial charge in [-0.05, 0) is 25.5 Å². The maximum absolute atomic E-state index is 11.1. The van der Waals surface area contributed by atoms with Crippen LogP contribution in [0.1, 0.15) is 12.5 Å². The molecule has 6 heteroatoms. The molecule has 1 fully saturated rings. The fourth-order valence-corrected chi connectivity index (χ4v) is 2.38. The van der Waals surface area contributed by atoms with E-state index in [1.54, 1.807) is 6.07 Å². The zero-order valence-electron chi connectivity index (χ0n) is 11.1. The number of hydrogen-bond acceptors (Lipinski definition) is 5.